The maximum Gasteiger partial charge on any atom is 0.142 e. The zero-order chi connectivity index (χ0) is 12.0. The van der Waals surface area contributed by atoms with Gasteiger partial charge in [-0.15, -0.1) is 0 Å². The first-order valence-electron chi connectivity index (χ1n) is 4.95. The number of hydrogen-bond acceptors (Lipinski definition) is 3. The Hall–Kier alpha value is -1.10. The summed E-state index contributed by atoms with van der Waals surface area (Å²) in [5.41, 5.74) is 4.56. The Balaban J connectivity index is 2.94. The summed E-state index contributed by atoms with van der Waals surface area (Å²) in [5, 5.41) is 0.662. The molecule has 0 aliphatic carbocycles. The largest absolute Gasteiger partial charge is 0.383 e. The predicted molar refractivity (Wildman–Crippen MR) is 66.8 cm³/mol. The number of amidine groups is 1. The molecule has 0 radical (unpaired) electrons. The topological polar surface area (TPSA) is 59.6 Å². The molecule has 0 fully saturated rings. The van der Waals surface area contributed by atoms with E-state index in [1.165, 1.54) is 0 Å². The van der Waals surface area contributed by atoms with Crippen molar-refractivity contribution in [3.8, 4) is 0 Å². The summed E-state index contributed by atoms with van der Waals surface area (Å²) >= 11 is 5.93. The van der Waals surface area contributed by atoms with Crippen LogP contribution in [0, 0.1) is 6.92 Å². The number of rotatable bonds is 4. The zero-order valence-electron chi connectivity index (χ0n) is 9.46. The molecule has 1 rings (SSSR count). The van der Waals surface area contributed by atoms with E-state index < -0.39 is 0 Å². The van der Waals surface area contributed by atoms with Crippen LogP contribution < -0.4 is 11.3 Å². The lowest BCUT2D eigenvalue weighted by atomic mass is 10.1. The number of hydrogen-bond donors (Lipinski definition) is 2. The Morgan fingerprint density at radius 1 is 1.56 bits per heavy atom. The number of aliphatic imine (C=N–C) groups is 1. The van der Waals surface area contributed by atoms with Crippen molar-refractivity contribution in [3.05, 3.63) is 34.3 Å². The highest BCUT2D eigenvalue weighted by atomic mass is 35.5. The Morgan fingerprint density at radius 3 is 2.94 bits per heavy atom. The quantitative estimate of drug-likeness (QED) is 0.276. The van der Waals surface area contributed by atoms with Crippen molar-refractivity contribution in [1.82, 2.24) is 5.43 Å². The van der Waals surface area contributed by atoms with Crippen LogP contribution in [0.25, 0.3) is 0 Å². The van der Waals surface area contributed by atoms with Gasteiger partial charge in [0.05, 0.1) is 13.2 Å². The van der Waals surface area contributed by atoms with Crippen LogP contribution in [0.5, 0.6) is 0 Å². The molecule has 0 aliphatic rings. The number of benzene rings is 1. The number of aryl methyl sites for hydroxylation is 1. The van der Waals surface area contributed by atoms with Crippen LogP contribution in [0.15, 0.2) is 23.2 Å². The van der Waals surface area contributed by atoms with E-state index in [2.05, 4.69) is 10.4 Å². The second-order valence-corrected chi connectivity index (χ2v) is 3.76. The Labute approximate surface area is 100 Å². The van der Waals surface area contributed by atoms with Crippen LogP contribution in [0.4, 0.5) is 0 Å². The van der Waals surface area contributed by atoms with Gasteiger partial charge in [-0.05, 0) is 24.6 Å². The predicted octanol–water partition coefficient (Wildman–Crippen LogP) is 1.50. The average Bonchev–Trinajstić information content (AvgIpc) is 2.28. The molecule has 0 saturated heterocycles. The summed E-state index contributed by atoms with van der Waals surface area (Å²) in [7, 11) is 1.63. The molecule has 0 bridgehead atoms. The van der Waals surface area contributed by atoms with Gasteiger partial charge in [0.2, 0.25) is 0 Å². The molecule has 0 heterocycles. The van der Waals surface area contributed by atoms with Crippen LogP contribution >= 0.6 is 11.6 Å². The fourth-order valence-corrected chi connectivity index (χ4v) is 1.48. The van der Waals surface area contributed by atoms with Gasteiger partial charge in [-0.25, -0.2) is 5.84 Å². The molecule has 0 atom stereocenters. The lowest BCUT2D eigenvalue weighted by Crippen LogP contribution is -2.32. The molecule has 1 aromatic carbocycles. The number of nitrogens with zero attached hydrogens (tertiary/aromatic N) is 1. The maximum atomic E-state index is 5.93. The lowest BCUT2D eigenvalue weighted by Gasteiger charge is -2.09. The number of halogens is 1. The first kappa shape index (κ1) is 13.0. The summed E-state index contributed by atoms with van der Waals surface area (Å²) in [4.78, 5) is 4.30. The van der Waals surface area contributed by atoms with E-state index in [9.17, 15) is 0 Å². The molecule has 3 N–H and O–H groups in total. The SMILES string of the molecule is COCCN=C(NN)c1cc(Cl)ccc1C. The van der Waals surface area contributed by atoms with Gasteiger partial charge in [-0.1, -0.05) is 17.7 Å². The molecular weight excluding hydrogens is 226 g/mol. The smallest absolute Gasteiger partial charge is 0.142 e. The summed E-state index contributed by atoms with van der Waals surface area (Å²) in [5.74, 6) is 6.06. The van der Waals surface area contributed by atoms with Gasteiger partial charge in [0, 0.05) is 17.7 Å². The van der Waals surface area contributed by atoms with Crippen LogP contribution in [-0.4, -0.2) is 26.1 Å². The third-order valence-electron chi connectivity index (χ3n) is 2.16. The number of ether oxygens (including phenoxy) is 1. The molecule has 1 aromatic rings. The highest BCUT2D eigenvalue weighted by Gasteiger charge is 2.05. The minimum Gasteiger partial charge on any atom is -0.383 e. The Morgan fingerprint density at radius 2 is 2.31 bits per heavy atom. The van der Waals surface area contributed by atoms with Crippen molar-refractivity contribution in [2.45, 2.75) is 6.92 Å². The first-order valence-corrected chi connectivity index (χ1v) is 5.33. The van der Waals surface area contributed by atoms with Gasteiger partial charge < -0.3 is 10.2 Å². The summed E-state index contributed by atoms with van der Waals surface area (Å²) in [6.45, 7) is 3.10. The first-order chi connectivity index (χ1) is 7.69. The summed E-state index contributed by atoms with van der Waals surface area (Å²) in [6, 6.07) is 5.60. The molecule has 0 aromatic heterocycles. The van der Waals surface area contributed by atoms with E-state index in [0.717, 1.165) is 11.1 Å². The maximum absolute atomic E-state index is 5.93. The monoisotopic (exact) mass is 241 g/mol. The van der Waals surface area contributed by atoms with Gasteiger partial charge in [-0.2, -0.15) is 0 Å². The minimum atomic E-state index is 0.558. The van der Waals surface area contributed by atoms with Crippen molar-refractivity contribution >= 4 is 17.4 Å². The van der Waals surface area contributed by atoms with Gasteiger partial charge in [0.1, 0.15) is 5.84 Å². The lowest BCUT2D eigenvalue weighted by molar-refractivity contribution is 0.208. The zero-order valence-corrected chi connectivity index (χ0v) is 10.2. The van der Waals surface area contributed by atoms with Gasteiger partial charge in [0.25, 0.3) is 0 Å². The fraction of sp³-hybridized carbons (Fsp3) is 0.364. The minimum absolute atomic E-state index is 0.558. The second-order valence-electron chi connectivity index (χ2n) is 3.33. The van der Waals surface area contributed by atoms with E-state index in [1.807, 2.05) is 25.1 Å². The fourth-order valence-electron chi connectivity index (χ4n) is 1.31. The molecule has 0 saturated carbocycles. The number of methoxy groups -OCH3 is 1. The van der Waals surface area contributed by atoms with E-state index in [-0.39, 0.29) is 0 Å². The highest BCUT2D eigenvalue weighted by molar-refractivity contribution is 6.31. The van der Waals surface area contributed by atoms with Gasteiger partial charge in [0.15, 0.2) is 0 Å². The molecule has 16 heavy (non-hydrogen) atoms. The molecule has 0 aliphatic heterocycles. The average molecular weight is 242 g/mol. The molecule has 0 unspecified atom stereocenters. The second kappa shape index (κ2) is 6.48. The van der Waals surface area contributed by atoms with E-state index in [4.69, 9.17) is 22.2 Å². The normalized spacial score (nSPS) is 11.6. The molecule has 88 valence electrons. The molecule has 0 amide bonds. The number of hydrazine groups is 1. The Kier molecular flexibility index (Phi) is 5.25. The van der Waals surface area contributed by atoms with Crippen LogP contribution in [0.1, 0.15) is 11.1 Å². The van der Waals surface area contributed by atoms with Crippen molar-refractivity contribution < 1.29 is 4.74 Å². The van der Waals surface area contributed by atoms with E-state index >= 15 is 0 Å². The molecule has 4 nitrogen and oxygen atoms in total. The van der Waals surface area contributed by atoms with Crippen LogP contribution in [-0.2, 0) is 4.74 Å². The Bertz CT molecular complexity index is 379. The molecule has 0 spiro atoms. The summed E-state index contributed by atoms with van der Waals surface area (Å²) in [6.07, 6.45) is 0. The molecule has 5 heteroatoms. The summed E-state index contributed by atoms with van der Waals surface area (Å²) < 4.78 is 4.92. The van der Waals surface area contributed by atoms with Crippen molar-refractivity contribution in [1.29, 1.82) is 0 Å². The standard InChI is InChI=1S/C11H16ClN3O/c1-8-3-4-9(12)7-10(8)11(15-13)14-5-6-16-2/h3-4,7H,5-6,13H2,1-2H3,(H,14,15). The molecular formula is C11H16ClN3O. The number of nitrogens with two attached hydrogens (primary N) is 1. The van der Waals surface area contributed by atoms with Crippen LogP contribution in [0.3, 0.4) is 0 Å². The van der Waals surface area contributed by atoms with E-state index in [1.54, 1.807) is 7.11 Å². The van der Waals surface area contributed by atoms with Gasteiger partial charge in [-0.3, -0.25) is 4.99 Å². The van der Waals surface area contributed by atoms with Crippen molar-refractivity contribution in [2.24, 2.45) is 10.8 Å². The highest BCUT2D eigenvalue weighted by Crippen LogP contribution is 2.15. The van der Waals surface area contributed by atoms with Crippen molar-refractivity contribution in [2.75, 3.05) is 20.3 Å². The van der Waals surface area contributed by atoms with Crippen molar-refractivity contribution in [3.63, 3.8) is 0 Å². The third kappa shape index (κ3) is 3.48. The van der Waals surface area contributed by atoms with E-state index in [0.29, 0.717) is 24.0 Å². The van der Waals surface area contributed by atoms with Gasteiger partial charge >= 0.3 is 0 Å². The third-order valence-corrected chi connectivity index (χ3v) is 2.39. The number of nitrogens with one attached hydrogen (secondary N) is 1. The van der Waals surface area contributed by atoms with Crippen LogP contribution in [0.2, 0.25) is 5.02 Å².